The molecule has 0 radical (unpaired) electrons. The Bertz CT molecular complexity index is 510. The van der Waals surface area contributed by atoms with Crippen molar-refractivity contribution in [2.75, 3.05) is 0 Å². The number of hydrogen-bond donors (Lipinski definition) is 2. The first-order valence-electron chi connectivity index (χ1n) is 5.85. The molecular weight excluding hydrogens is 234 g/mol. The number of carbonyl (C=O) groups is 2. The Hall–Kier alpha value is -2.11. The first-order valence-corrected chi connectivity index (χ1v) is 5.85. The van der Waals surface area contributed by atoms with E-state index in [1.165, 1.54) is 0 Å². The quantitative estimate of drug-likeness (QED) is 0.770. The molecule has 18 heavy (non-hydrogen) atoms. The van der Waals surface area contributed by atoms with Crippen molar-refractivity contribution < 1.29 is 14.3 Å². The van der Waals surface area contributed by atoms with Gasteiger partial charge < -0.3 is 10.1 Å². The average molecular weight is 247 g/mol. The Labute approximate surface area is 104 Å². The maximum Gasteiger partial charge on any atom is 0.322 e. The van der Waals surface area contributed by atoms with E-state index in [4.69, 9.17) is 4.74 Å². The highest BCUT2D eigenvalue weighted by atomic mass is 16.5. The van der Waals surface area contributed by atoms with Gasteiger partial charge in [-0.2, -0.15) is 0 Å². The van der Waals surface area contributed by atoms with Gasteiger partial charge in [-0.3, -0.25) is 15.1 Å². The molecule has 2 fully saturated rings. The minimum atomic E-state index is -1.10. The summed E-state index contributed by atoms with van der Waals surface area (Å²) in [4.78, 5) is 27.1. The molecule has 0 aromatic carbocycles. The van der Waals surface area contributed by atoms with E-state index in [1.807, 2.05) is 0 Å². The maximum absolute atomic E-state index is 11.7. The van der Waals surface area contributed by atoms with Gasteiger partial charge in [0.1, 0.15) is 5.75 Å². The van der Waals surface area contributed by atoms with Crippen LogP contribution in [0.1, 0.15) is 25.5 Å². The first kappa shape index (κ1) is 11.0. The first-order chi connectivity index (χ1) is 8.58. The fraction of sp³-hybridized carbons (Fsp3) is 0.417. The summed E-state index contributed by atoms with van der Waals surface area (Å²) < 4.78 is 5.57. The van der Waals surface area contributed by atoms with Crippen molar-refractivity contribution in [2.24, 2.45) is 0 Å². The molecule has 0 bridgehead atoms. The zero-order valence-electron chi connectivity index (χ0n) is 9.90. The molecule has 1 aliphatic heterocycles. The van der Waals surface area contributed by atoms with Crippen LogP contribution in [0, 0.1) is 0 Å². The summed E-state index contributed by atoms with van der Waals surface area (Å²) in [5.41, 5.74) is -0.608. The molecule has 6 heteroatoms. The van der Waals surface area contributed by atoms with Gasteiger partial charge in [-0.1, -0.05) is 0 Å². The van der Waals surface area contributed by atoms with Gasteiger partial charge in [0.2, 0.25) is 0 Å². The number of nitrogens with one attached hydrogen (secondary N) is 2. The van der Waals surface area contributed by atoms with Crippen molar-refractivity contribution in [2.45, 2.75) is 31.4 Å². The van der Waals surface area contributed by atoms with Crippen LogP contribution in [0.4, 0.5) is 4.79 Å². The average Bonchev–Trinajstić information content (AvgIpc) is 3.08. The normalized spacial score (nSPS) is 26.7. The van der Waals surface area contributed by atoms with Gasteiger partial charge in [0.25, 0.3) is 5.91 Å². The van der Waals surface area contributed by atoms with Crippen LogP contribution in [0.25, 0.3) is 0 Å². The van der Waals surface area contributed by atoms with E-state index in [9.17, 15) is 9.59 Å². The van der Waals surface area contributed by atoms with Crippen LogP contribution in [0.2, 0.25) is 0 Å². The third-order valence-electron chi connectivity index (χ3n) is 3.12. The zero-order chi connectivity index (χ0) is 12.8. The largest absolute Gasteiger partial charge is 0.489 e. The third-order valence-corrected chi connectivity index (χ3v) is 3.12. The molecule has 3 rings (SSSR count). The van der Waals surface area contributed by atoms with Crippen molar-refractivity contribution >= 4 is 11.9 Å². The lowest BCUT2D eigenvalue weighted by molar-refractivity contribution is -0.123. The summed E-state index contributed by atoms with van der Waals surface area (Å²) in [6, 6.07) is 2.97. The van der Waals surface area contributed by atoms with Crippen LogP contribution in [0.5, 0.6) is 5.75 Å². The zero-order valence-corrected chi connectivity index (χ0v) is 9.90. The Balaban J connectivity index is 1.83. The van der Waals surface area contributed by atoms with Crippen LogP contribution in [0.3, 0.4) is 0 Å². The SMILES string of the molecule is CC1(c2ccc(OC3CC3)cn2)NC(=O)NC1=O. The molecule has 94 valence electrons. The number of hydrogen-bond acceptors (Lipinski definition) is 4. The minimum absolute atomic E-state index is 0.308. The summed E-state index contributed by atoms with van der Waals surface area (Å²) in [6.45, 7) is 1.62. The number of rotatable bonds is 3. The molecule has 1 atom stereocenters. The second kappa shape index (κ2) is 3.69. The van der Waals surface area contributed by atoms with Crippen molar-refractivity contribution in [3.63, 3.8) is 0 Å². The predicted octanol–water partition coefficient (Wildman–Crippen LogP) is 0.677. The van der Waals surface area contributed by atoms with Crippen molar-refractivity contribution in [1.29, 1.82) is 0 Å². The lowest BCUT2D eigenvalue weighted by atomic mass is 9.98. The van der Waals surface area contributed by atoms with E-state index in [0.29, 0.717) is 17.5 Å². The molecule has 1 aromatic heterocycles. The molecule has 2 heterocycles. The fourth-order valence-electron chi connectivity index (χ4n) is 1.85. The van der Waals surface area contributed by atoms with Crippen LogP contribution in [0.15, 0.2) is 18.3 Å². The summed E-state index contributed by atoms with van der Waals surface area (Å²) in [5, 5.41) is 4.77. The molecule has 1 unspecified atom stereocenters. The molecule has 0 spiro atoms. The predicted molar refractivity (Wildman–Crippen MR) is 61.9 cm³/mol. The van der Waals surface area contributed by atoms with Gasteiger partial charge in [-0.05, 0) is 31.9 Å². The van der Waals surface area contributed by atoms with E-state index in [1.54, 1.807) is 25.3 Å². The number of ether oxygens (including phenoxy) is 1. The van der Waals surface area contributed by atoms with E-state index in [-0.39, 0.29) is 0 Å². The molecular formula is C12H13N3O3. The molecule has 2 N–H and O–H groups in total. The highest BCUT2D eigenvalue weighted by Gasteiger charge is 2.44. The fourth-order valence-corrected chi connectivity index (χ4v) is 1.85. The van der Waals surface area contributed by atoms with Crippen LogP contribution >= 0.6 is 0 Å². The van der Waals surface area contributed by atoms with Gasteiger partial charge in [0.15, 0.2) is 5.54 Å². The third kappa shape index (κ3) is 1.79. The van der Waals surface area contributed by atoms with Crippen LogP contribution < -0.4 is 15.4 Å². The molecule has 2 aliphatic rings. The highest BCUT2D eigenvalue weighted by molar-refractivity contribution is 6.06. The second-order valence-corrected chi connectivity index (χ2v) is 4.73. The molecule has 1 aliphatic carbocycles. The number of aromatic nitrogens is 1. The van der Waals surface area contributed by atoms with Crippen LogP contribution in [-0.4, -0.2) is 23.0 Å². The Morgan fingerprint density at radius 3 is 2.67 bits per heavy atom. The van der Waals surface area contributed by atoms with Gasteiger partial charge in [-0.15, -0.1) is 0 Å². The lowest BCUT2D eigenvalue weighted by Gasteiger charge is -2.19. The van der Waals surface area contributed by atoms with E-state index in [2.05, 4.69) is 15.6 Å². The summed E-state index contributed by atoms with van der Waals surface area (Å²) in [6.07, 6.45) is 4.05. The smallest absolute Gasteiger partial charge is 0.322 e. The van der Waals surface area contributed by atoms with Crippen molar-refractivity contribution in [3.8, 4) is 5.75 Å². The minimum Gasteiger partial charge on any atom is -0.489 e. The number of amides is 3. The Morgan fingerprint density at radius 2 is 2.17 bits per heavy atom. The standard InChI is InChI=1S/C12H13N3O3/c1-12(10(16)14-11(17)15-12)9-5-4-8(6-13-9)18-7-2-3-7/h4-7H,2-3H2,1H3,(H2,14,15,16,17). The number of nitrogens with zero attached hydrogens (tertiary/aromatic N) is 1. The maximum atomic E-state index is 11.7. The van der Waals surface area contributed by atoms with Crippen LogP contribution in [-0.2, 0) is 10.3 Å². The highest BCUT2D eigenvalue weighted by Crippen LogP contribution is 2.28. The Morgan fingerprint density at radius 1 is 1.39 bits per heavy atom. The van der Waals surface area contributed by atoms with Crippen molar-refractivity contribution in [1.82, 2.24) is 15.6 Å². The number of imide groups is 1. The lowest BCUT2D eigenvalue weighted by Crippen LogP contribution is -2.41. The summed E-state index contributed by atoms with van der Waals surface area (Å²) >= 11 is 0. The Kier molecular flexibility index (Phi) is 2.26. The van der Waals surface area contributed by atoms with E-state index < -0.39 is 17.5 Å². The molecule has 1 aromatic rings. The number of pyridine rings is 1. The summed E-state index contributed by atoms with van der Waals surface area (Å²) in [7, 11) is 0. The number of carbonyl (C=O) groups excluding carboxylic acids is 2. The number of urea groups is 1. The second-order valence-electron chi connectivity index (χ2n) is 4.73. The van der Waals surface area contributed by atoms with E-state index >= 15 is 0 Å². The van der Waals surface area contributed by atoms with Gasteiger partial charge in [-0.25, -0.2) is 4.79 Å². The van der Waals surface area contributed by atoms with Crippen molar-refractivity contribution in [3.05, 3.63) is 24.0 Å². The topological polar surface area (TPSA) is 80.3 Å². The van der Waals surface area contributed by atoms with Gasteiger partial charge in [0.05, 0.1) is 18.0 Å². The van der Waals surface area contributed by atoms with Gasteiger partial charge in [0, 0.05) is 0 Å². The monoisotopic (exact) mass is 247 g/mol. The molecule has 6 nitrogen and oxygen atoms in total. The molecule has 1 saturated carbocycles. The molecule has 3 amide bonds. The van der Waals surface area contributed by atoms with E-state index in [0.717, 1.165) is 12.8 Å². The molecule has 1 saturated heterocycles. The van der Waals surface area contributed by atoms with Gasteiger partial charge >= 0.3 is 6.03 Å². The summed E-state index contributed by atoms with van der Waals surface area (Å²) in [5.74, 6) is 0.297.